The molecule has 0 saturated heterocycles. The van der Waals surface area contributed by atoms with E-state index in [9.17, 15) is 8.78 Å². The molecule has 1 N–H and O–H groups in total. The van der Waals surface area contributed by atoms with E-state index in [2.05, 4.69) is 19.2 Å². The van der Waals surface area contributed by atoms with Crippen molar-refractivity contribution < 1.29 is 13.5 Å². The molecule has 96 valence electrons. The highest BCUT2D eigenvalue weighted by atomic mass is 19.1. The van der Waals surface area contributed by atoms with Crippen molar-refractivity contribution >= 4 is 0 Å². The van der Waals surface area contributed by atoms with Gasteiger partial charge in [-0.05, 0) is 19.0 Å². The fraction of sp³-hybridized carbons (Fsp3) is 0.538. The lowest BCUT2D eigenvalue weighted by Crippen LogP contribution is -2.24. The minimum atomic E-state index is -0.563. The van der Waals surface area contributed by atoms with Crippen molar-refractivity contribution in [3.8, 4) is 0 Å². The zero-order chi connectivity index (χ0) is 12.7. The predicted molar refractivity (Wildman–Crippen MR) is 63.8 cm³/mol. The van der Waals surface area contributed by atoms with E-state index in [4.69, 9.17) is 4.74 Å². The number of benzene rings is 1. The van der Waals surface area contributed by atoms with Crippen LogP contribution in [0.15, 0.2) is 18.2 Å². The molecule has 0 fully saturated rings. The molecule has 0 radical (unpaired) electrons. The molecule has 0 heterocycles. The van der Waals surface area contributed by atoms with Crippen molar-refractivity contribution in [2.75, 3.05) is 13.2 Å². The largest absolute Gasteiger partial charge is 0.377 e. The Kier molecular flexibility index (Phi) is 6.08. The molecule has 0 spiro atoms. The standard InChI is InChI=1S/C13H19F2NO/c1-10(2)16-6-3-7-17-9-11-4-5-12(14)8-13(11)15/h4-5,8,10,16H,3,6-7,9H2,1-2H3. The minimum Gasteiger partial charge on any atom is -0.377 e. The van der Waals surface area contributed by atoms with Gasteiger partial charge in [0.15, 0.2) is 0 Å². The fourth-order valence-corrected chi connectivity index (χ4v) is 1.39. The molecule has 0 amide bonds. The van der Waals surface area contributed by atoms with E-state index < -0.39 is 11.6 Å². The molecular formula is C13H19F2NO. The highest BCUT2D eigenvalue weighted by Gasteiger charge is 2.03. The summed E-state index contributed by atoms with van der Waals surface area (Å²) in [4.78, 5) is 0. The molecule has 0 aliphatic heterocycles. The molecule has 4 heteroatoms. The van der Waals surface area contributed by atoms with Gasteiger partial charge in [-0.25, -0.2) is 8.78 Å². The smallest absolute Gasteiger partial charge is 0.131 e. The lowest BCUT2D eigenvalue weighted by atomic mass is 10.2. The lowest BCUT2D eigenvalue weighted by molar-refractivity contribution is 0.115. The van der Waals surface area contributed by atoms with Gasteiger partial charge < -0.3 is 10.1 Å². The maximum absolute atomic E-state index is 13.2. The Morgan fingerprint density at radius 2 is 2.06 bits per heavy atom. The number of ether oxygens (including phenoxy) is 1. The summed E-state index contributed by atoms with van der Waals surface area (Å²) in [6.07, 6.45) is 0.876. The fourth-order valence-electron chi connectivity index (χ4n) is 1.39. The van der Waals surface area contributed by atoms with Gasteiger partial charge in [0.25, 0.3) is 0 Å². The van der Waals surface area contributed by atoms with Gasteiger partial charge in [-0.3, -0.25) is 0 Å². The van der Waals surface area contributed by atoms with Gasteiger partial charge in [0.05, 0.1) is 6.61 Å². The lowest BCUT2D eigenvalue weighted by Gasteiger charge is -2.08. The first-order chi connectivity index (χ1) is 8.09. The van der Waals surface area contributed by atoms with Crippen LogP contribution in [0.3, 0.4) is 0 Å². The molecule has 0 aliphatic rings. The summed E-state index contributed by atoms with van der Waals surface area (Å²) < 4.78 is 31.1. The SMILES string of the molecule is CC(C)NCCCOCc1ccc(F)cc1F. The summed E-state index contributed by atoms with van der Waals surface area (Å²) in [7, 11) is 0. The van der Waals surface area contributed by atoms with Gasteiger partial charge in [-0.15, -0.1) is 0 Å². The average molecular weight is 243 g/mol. The first-order valence-electron chi connectivity index (χ1n) is 5.84. The first-order valence-corrected chi connectivity index (χ1v) is 5.84. The molecule has 0 unspecified atom stereocenters. The zero-order valence-electron chi connectivity index (χ0n) is 10.3. The van der Waals surface area contributed by atoms with Crippen molar-refractivity contribution in [1.29, 1.82) is 0 Å². The van der Waals surface area contributed by atoms with Crippen LogP contribution in [0.2, 0.25) is 0 Å². The van der Waals surface area contributed by atoms with E-state index in [1.807, 2.05) is 0 Å². The van der Waals surface area contributed by atoms with Crippen molar-refractivity contribution in [3.05, 3.63) is 35.4 Å². The second kappa shape index (κ2) is 7.35. The molecule has 0 bridgehead atoms. The van der Waals surface area contributed by atoms with E-state index in [-0.39, 0.29) is 6.61 Å². The van der Waals surface area contributed by atoms with E-state index in [1.165, 1.54) is 12.1 Å². The van der Waals surface area contributed by atoms with Crippen molar-refractivity contribution in [3.63, 3.8) is 0 Å². The topological polar surface area (TPSA) is 21.3 Å². The van der Waals surface area contributed by atoms with Gasteiger partial charge in [0.2, 0.25) is 0 Å². The Labute approximate surface area is 101 Å². The summed E-state index contributed by atoms with van der Waals surface area (Å²) in [5.41, 5.74) is 0.392. The quantitative estimate of drug-likeness (QED) is 0.743. The van der Waals surface area contributed by atoms with Crippen LogP contribution >= 0.6 is 0 Å². The minimum absolute atomic E-state index is 0.188. The Hall–Kier alpha value is -1.00. The van der Waals surface area contributed by atoms with Crippen molar-refractivity contribution in [2.45, 2.75) is 32.9 Å². The Morgan fingerprint density at radius 3 is 2.71 bits per heavy atom. The van der Waals surface area contributed by atoms with Crippen molar-refractivity contribution in [1.82, 2.24) is 5.32 Å². The van der Waals surface area contributed by atoms with Crippen LogP contribution in [0.25, 0.3) is 0 Å². The van der Waals surface area contributed by atoms with E-state index >= 15 is 0 Å². The Bertz CT molecular complexity index is 342. The third-order valence-electron chi connectivity index (χ3n) is 2.29. The molecule has 0 saturated carbocycles. The van der Waals surface area contributed by atoms with E-state index in [0.717, 1.165) is 19.0 Å². The average Bonchev–Trinajstić information content (AvgIpc) is 2.25. The number of hydrogen-bond donors (Lipinski definition) is 1. The van der Waals surface area contributed by atoms with E-state index in [0.29, 0.717) is 18.2 Å². The van der Waals surface area contributed by atoms with Crippen molar-refractivity contribution in [2.24, 2.45) is 0 Å². The van der Waals surface area contributed by atoms with Gasteiger partial charge in [-0.2, -0.15) is 0 Å². The maximum atomic E-state index is 13.2. The summed E-state index contributed by atoms with van der Waals surface area (Å²) in [5.74, 6) is -1.11. The number of nitrogens with one attached hydrogen (secondary N) is 1. The molecule has 1 aromatic carbocycles. The summed E-state index contributed by atoms with van der Waals surface area (Å²) in [6.45, 7) is 5.79. The number of halogens is 2. The third-order valence-corrected chi connectivity index (χ3v) is 2.29. The Morgan fingerprint density at radius 1 is 1.29 bits per heavy atom. The van der Waals surface area contributed by atoms with E-state index in [1.54, 1.807) is 0 Å². The van der Waals surface area contributed by atoms with Gasteiger partial charge in [-0.1, -0.05) is 19.9 Å². The molecule has 0 aliphatic carbocycles. The molecule has 2 nitrogen and oxygen atoms in total. The second-order valence-electron chi connectivity index (χ2n) is 4.25. The normalized spacial score (nSPS) is 11.1. The first kappa shape index (κ1) is 14.1. The molecule has 0 aromatic heterocycles. The summed E-state index contributed by atoms with van der Waals surface area (Å²) in [6, 6.07) is 3.99. The van der Waals surface area contributed by atoms with Crippen LogP contribution in [0.4, 0.5) is 8.78 Å². The summed E-state index contributed by atoms with van der Waals surface area (Å²) in [5, 5.41) is 3.26. The third kappa shape index (κ3) is 5.75. The van der Waals surface area contributed by atoms with Gasteiger partial charge in [0, 0.05) is 24.3 Å². The van der Waals surface area contributed by atoms with Gasteiger partial charge in [0.1, 0.15) is 11.6 Å². The highest BCUT2D eigenvalue weighted by Crippen LogP contribution is 2.10. The highest BCUT2D eigenvalue weighted by molar-refractivity contribution is 5.17. The predicted octanol–water partition coefficient (Wildman–Crippen LogP) is 2.87. The van der Waals surface area contributed by atoms with Crippen LogP contribution in [0.5, 0.6) is 0 Å². The number of hydrogen-bond acceptors (Lipinski definition) is 2. The van der Waals surface area contributed by atoms with Crippen LogP contribution in [0.1, 0.15) is 25.8 Å². The maximum Gasteiger partial charge on any atom is 0.131 e. The molecule has 1 rings (SSSR count). The second-order valence-corrected chi connectivity index (χ2v) is 4.25. The Balaban J connectivity index is 2.18. The molecule has 17 heavy (non-hydrogen) atoms. The molecule has 0 atom stereocenters. The van der Waals surface area contributed by atoms with Gasteiger partial charge >= 0.3 is 0 Å². The number of rotatable bonds is 7. The van der Waals surface area contributed by atoms with Crippen LogP contribution < -0.4 is 5.32 Å². The monoisotopic (exact) mass is 243 g/mol. The van der Waals surface area contributed by atoms with Crippen LogP contribution in [-0.4, -0.2) is 19.2 Å². The molecule has 1 aromatic rings. The zero-order valence-corrected chi connectivity index (χ0v) is 10.3. The van der Waals surface area contributed by atoms with Crippen LogP contribution in [0, 0.1) is 11.6 Å². The van der Waals surface area contributed by atoms with Crippen LogP contribution in [-0.2, 0) is 11.3 Å². The molecular weight excluding hydrogens is 224 g/mol. The summed E-state index contributed by atoms with van der Waals surface area (Å²) >= 11 is 0.